The number of benzene rings is 2. The number of nitro groups is 1. The predicted octanol–water partition coefficient (Wildman–Crippen LogP) is 7.23. The first-order chi connectivity index (χ1) is 20.4. The van der Waals surface area contributed by atoms with E-state index in [4.69, 9.17) is 21.1 Å². The van der Waals surface area contributed by atoms with Gasteiger partial charge in [-0.3, -0.25) is 10.1 Å². The molecule has 11 nitrogen and oxygen atoms in total. The molecule has 0 aliphatic rings. The number of hydrogen-bond donors (Lipinski definition) is 2. The van der Waals surface area contributed by atoms with Gasteiger partial charge in [0.2, 0.25) is 5.88 Å². The summed E-state index contributed by atoms with van der Waals surface area (Å²) in [6.45, 7) is 4.15. The maximum Gasteiger partial charge on any atom is 0.417 e. The average Bonchev–Trinajstić information content (AvgIpc) is 2.90. The number of nitrogens with one attached hydrogen (secondary N) is 1. The largest absolute Gasteiger partial charge is 0.481 e. The van der Waals surface area contributed by atoms with Crippen molar-refractivity contribution < 1.29 is 46.7 Å². The van der Waals surface area contributed by atoms with Crippen LogP contribution >= 0.6 is 11.6 Å². The normalized spacial score (nSPS) is 11.6. The molecule has 0 bridgehead atoms. The van der Waals surface area contributed by atoms with Crippen LogP contribution in [0.1, 0.15) is 48.0 Å². The highest BCUT2D eigenvalue weighted by atomic mass is 35.5. The van der Waals surface area contributed by atoms with E-state index in [1.54, 1.807) is 20.8 Å². The zero-order valence-corrected chi connectivity index (χ0v) is 24.5. The number of methoxy groups -OCH3 is 1. The zero-order chi connectivity index (χ0) is 33.0. The van der Waals surface area contributed by atoms with Crippen LogP contribution in [0.5, 0.6) is 5.88 Å². The molecule has 0 fully saturated rings. The molecule has 0 unspecified atom stereocenters. The monoisotopic (exact) mass is 642 g/mol. The molecule has 0 saturated carbocycles. The Balaban J connectivity index is 2.05. The van der Waals surface area contributed by atoms with Gasteiger partial charge in [-0.2, -0.15) is 13.2 Å². The maximum atomic E-state index is 14.4. The van der Waals surface area contributed by atoms with Gasteiger partial charge in [0.15, 0.2) is 0 Å². The number of hydrogen-bond acceptors (Lipinski definition) is 8. The maximum absolute atomic E-state index is 14.4. The van der Waals surface area contributed by atoms with E-state index < -0.39 is 63.0 Å². The van der Waals surface area contributed by atoms with Crippen LogP contribution < -0.4 is 10.1 Å². The Labute approximate surface area is 253 Å². The van der Waals surface area contributed by atoms with Crippen LogP contribution in [0.4, 0.5) is 39.4 Å². The van der Waals surface area contributed by atoms with Crippen molar-refractivity contribution in [2.24, 2.45) is 0 Å². The number of rotatable bonds is 10. The number of carbonyl (C=O) groups excluding carboxylic acids is 1. The number of carboxylic acid groups (broad SMARTS) is 1. The Morgan fingerprint density at radius 2 is 1.80 bits per heavy atom. The number of halogens is 5. The molecule has 3 aromatic rings. The van der Waals surface area contributed by atoms with Crippen LogP contribution in [-0.2, 0) is 23.9 Å². The third-order valence-corrected chi connectivity index (χ3v) is 6.25. The van der Waals surface area contributed by atoms with E-state index in [2.05, 4.69) is 10.3 Å². The molecule has 3 rings (SSSR count). The Hall–Kier alpha value is -4.66. The van der Waals surface area contributed by atoms with Crippen LogP contribution in [0, 0.1) is 15.9 Å². The van der Waals surface area contributed by atoms with E-state index in [9.17, 15) is 42.4 Å². The van der Waals surface area contributed by atoms with Crippen molar-refractivity contribution in [2.45, 2.75) is 45.5 Å². The highest BCUT2D eigenvalue weighted by molar-refractivity contribution is 6.32. The summed E-state index contributed by atoms with van der Waals surface area (Å²) in [7, 11) is 1.32. The van der Waals surface area contributed by atoms with Crippen LogP contribution in [-0.4, -0.2) is 51.2 Å². The molecular weight excluding hydrogens is 616 g/mol. The second-order valence-corrected chi connectivity index (χ2v) is 10.7. The fourth-order valence-corrected chi connectivity index (χ4v) is 4.25. The van der Waals surface area contributed by atoms with Crippen molar-refractivity contribution in [1.82, 2.24) is 9.88 Å². The van der Waals surface area contributed by atoms with Gasteiger partial charge in [-0.15, -0.1) is 0 Å². The lowest BCUT2D eigenvalue weighted by atomic mass is 10.1. The summed E-state index contributed by atoms with van der Waals surface area (Å²) in [6, 6.07) is 6.76. The molecule has 0 saturated heterocycles. The van der Waals surface area contributed by atoms with Gasteiger partial charge < -0.3 is 24.8 Å². The van der Waals surface area contributed by atoms with Crippen LogP contribution in [0.2, 0.25) is 5.02 Å². The number of alkyl halides is 3. The third-order valence-electron chi connectivity index (χ3n) is 5.94. The minimum absolute atomic E-state index is 0.0174. The van der Waals surface area contributed by atoms with Gasteiger partial charge in [0, 0.05) is 30.8 Å². The second kappa shape index (κ2) is 13.3. The third kappa shape index (κ3) is 8.69. The van der Waals surface area contributed by atoms with E-state index in [1.807, 2.05) is 0 Å². The number of aromatic nitrogens is 1. The topological polar surface area (TPSA) is 144 Å². The van der Waals surface area contributed by atoms with Gasteiger partial charge in [0.25, 0.3) is 5.69 Å². The lowest BCUT2D eigenvalue weighted by Gasteiger charge is -2.28. The smallest absolute Gasteiger partial charge is 0.417 e. The molecule has 1 heterocycles. The summed E-state index contributed by atoms with van der Waals surface area (Å²) in [4.78, 5) is 41.1. The fourth-order valence-electron chi connectivity index (χ4n) is 3.98. The van der Waals surface area contributed by atoms with Crippen molar-refractivity contribution in [3.05, 3.63) is 85.8 Å². The van der Waals surface area contributed by atoms with Crippen LogP contribution in [0.25, 0.3) is 0 Å². The van der Waals surface area contributed by atoms with Crippen molar-refractivity contribution in [3.63, 3.8) is 0 Å². The summed E-state index contributed by atoms with van der Waals surface area (Å²) in [5.41, 5.74) is -3.77. The Morgan fingerprint density at radius 1 is 1.11 bits per heavy atom. The highest BCUT2D eigenvalue weighted by Crippen LogP contribution is 2.39. The summed E-state index contributed by atoms with van der Waals surface area (Å²) >= 11 is 5.70. The summed E-state index contributed by atoms with van der Waals surface area (Å²) in [5.74, 6) is -2.28. The lowest BCUT2D eigenvalue weighted by molar-refractivity contribution is -0.386. The van der Waals surface area contributed by atoms with E-state index in [0.717, 1.165) is 23.1 Å². The fraction of sp³-hybridized carbons (Fsp3) is 0.321. The van der Waals surface area contributed by atoms with Crippen molar-refractivity contribution in [1.29, 1.82) is 0 Å². The number of nitrogens with zero attached hydrogens (tertiary/aromatic N) is 3. The molecule has 1 aromatic heterocycles. The first-order valence-electron chi connectivity index (χ1n) is 12.7. The van der Waals surface area contributed by atoms with Crippen LogP contribution in [0.3, 0.4) is 0 Å². The molecule has 0 atom stereocenters. The minimum atomic E-state index is -4.92. The molecule has 1 amide bonds. The van der Waals surface area contributed by atoms with Crippen molar-refractivity contribution in [2.75, 3.05) is 19.0 Å². The van der Waals surface area contributed by atoms with Gasteiger partial charge in [-0.25, -0.2) is 19.0 Å². The summed E-state index contributed by atoms with van der Waals surface area (Å²) in [5, 5.41) is 22.9. The number of anilines is 2. The molecule has 2 N–H and O–H groups in total. The summed E-state index contributed by atoms with van der Waals surface area (Å²) < 4.78 is 65.6. The Kier molecular flexibility index (Phi) is 10.2. The molecule has 0 spiro atoms. The minimum Gasteiger partial charge on any atom is -0.481 e. The first kappa shape index (κ1) is 33.8. The standard InChI is InChI=1S/C28H27ClF4N4O7/c1-27(2,3)44-26(40)36(10-9-21-23(37(41)42)7-8-24(35-21)43-4)14-15-11-16(30)5-6-20(15)34-22-13-18(28(31,32)33)19(29)12-17(22)25(38)39/h5-8,11-13,34H,9-10,14H2,1-4H3,(H,38,39). The first-order valence-corrected chi connectivity index (χ1v) is 13.1. The quantitative estimate of drug-likeness (QED) is 0.133. The number of carboxylic acids is 1. The predicted molar refractivity (Wildman–Crippen MR) is 151 cm³/mol. The number of pyridine rings is 1. The van der Waals surface area contributed by atoms with Crippen molar-refractivity contribution >= 4 is 40.7 Å². The molecule has 0 aliphatic carbocycles. The molecule has 236 valence electrons. The highest BCUT2D eigenvalue weighted by Gasteiger charge is 2.35. The van der Waals surface area contributed by atoms with Crippen molar-refractivity contribution in [3.8, 4) is 5.88 Å². The van der Waals surface area contributed by atoms with Gasteiger partial charge in [-0.1, -0.05) is 11.6 Å². The molecular formula is C28H27ClF4N4O7. The van der Waals surface area contributed by atoms with Gasteiger partial charge in [0.1, 0.15) is 17.1 Å². The van der Waals surface area contributed by atoms with E-state index in [1.165, 1.54) is 19.2 Å². The van der Waals surface area contributed by atoms with E-state index in [0.29, 0.717) is 12.1 Å². The molecule has 16 heteroatoms. The zero-order valence-electron chi connectivity index (χ0n) is 23.8. The van der Waals surface area contributed by atoms with E-state index >= 15 is 0 Å². The average molecular weight is 643 g/mol. The van der Waals surface area contributed by atoms with Gasteiger partial charge in [0.05, 0.1) is 40.4 Å². The summed E-state index contributed by atoms with van der Waals surface area (Å²) in [6.07, 6.45) is -5.98. The second-order valence-electron chi connectivity index (χ2n) is 10.3. The molecule has 44 heavy (non-hydrogen) atoms. The van der Waals surface area contributed by atoms with Gasteiger partial charge >= 0.3 is 18.2 Å². The van der Waals surface area contributed by atoms with Crippen LogP contribution in [0.15, 0.2) is 42.5 Å². The van der Waals surface area contributed by atoms with E-state index in [-0.39, 0.29) is 41.5 Å². The number of ether oxygens (including phenoxy) is 2. The SMILES string of the molecule is COc1ccc([N+](=O)[O-])c(CCN(Cc2cc(F)ccc2Nc2cc(C(F)(F)F)c(Cl)cc2C(=O)O)C(=O)OC(C)(C)C)n1. The Morgan fingerprint density at radius 3 is 2.36 bits per heavy atom. The lowest BCUT2D eigenvalue weighted by Crippen LogP contribution is -2.38. The number of carbonyl (C=O) groups is 2. The Bertz CT molecular complexity index is 1580. The number of amides is 1. The number of aromatic carboxylic acids is 1. The molecule has 0 radical (unpaired) electrons. The molecule has 2 aromatic carbocycles. The molecule has 0 aliphatic heterocycles. The van der Waals surface area contributed by atoms with Gasteiger partial charge in [-0.05, 0) is 56.7 Å².